The second-order valence-electron chi connectivity index (χ2n) is 3.47. The quantitative estimate of drug-likeness (QED) is 0.646. The summed E-state index contributed by atoms with van der Waals surface area (Å²) in [7, 11) is 1.56. The molecule has 2 aromatic rings. The van der Waals surface area contributed by atoms with E-state index in [4.69, 9.17) is 17.4 Å². The van der Waals surface area contributed by atoms with E-state index >= 15 is 0 Å². The predicted octanol–water partition coefficient (Wildman–Crippen LogP) is 1.97. The normalized spacial score (nSPS) is 10.4. The van der Waals surface area contributed by atoms with E-state index in [0.717, 1.165) is 0 Å². The third-order valence-corrected chi connectivity index (χ3v) is 3.09. The van der Waals surface area contributed by atoms with E-state index in [2.05, 4.69) is 30.9 Å². The van der Waals surface area contributed by atoms with Gasteiger partial charge in [0.05, 0.1) is 10.6 Å². The van der Waals surface area contributed by atoms with Crippen LogP contribution < -0.4 is 10.9 Å². The molecule has 0 fully saturated rings. The minimum absolute atomic E-state index is 0.143. The van der Waals surface area contributed by atoms with Crippen LogP contribution in [0.1, 0.15) is 0 Å². The number of aromatic hydroxyl groups is 1. The van der Waals surface area contributed by atoms with Gasteiger partial charge in [-0.2, -0.15) is 15.0 Å². The first-order chi connectivity index (χ1) is 8.49. The molecule has 0 amide bonds. The molecule has 0 aliphatic carbocycles. The molecule has 2 rings (SSSR count). The molecule has 0 radical (unpaired) electrons. The molecule has 3 N–H and O–H groups in total. The second-order valence-corrected chi connectivity index (χ2v) is 4.73. The highest BCUT2D eigenvalue weighted by Gasteiger charge is 2.14. The molecule has 0 aliphatic rings. The van der Waals surface area contributed by atoms with Gasteiger partial charge in [-0.25, -0.2) is 5.84 Å². The van der Waals surface area contributed by atoms with E-state index in [-0.39, 0.29) is 11.8 Å². The van der Waals surface area contributed by atoms with E-state index in [0.29, 0.717) is 15.1 Å². The van der Waals surface area contributed by atoms with Crippen molar-refractivity contribution in [3.63, 3.8) is 0 Å². The molecular formula is C10H9BrClN5O. The minimum atomic E-state index is -0.417. The van der Waals surface area contributed by atoms with Gasteiger partial charge in [-0.3, -0.25) is 5.01 Å². The van der Waals surface area contributed by atoms with Crippen LogP contribution in [0.5, 0.6) is 6.01 Å². The minimum Gasteiger partial charge on any atom is -0.479 e. The maximum absolute atomic E-state index is 9.48. The highest BCUT2D eigenvalue weighted by Crippen LogP contribution is 2.33. The molecular weight excluding hydrogens is 322 g/mol. The standard InChI is InChI=1S/C10H9BrClN5O/c1-17(13)9-14-8(15-10(18)16-9)7-5(11)3-2-4-6(7)12/h2-4H,13H2,1H3,(H,14,15,16,18). The lowest BCUT2D eigenvalue weighted by atomic mass is 10.2. The zero-order chi connectivity index (χ0) is 13.3. The Morgan fingerprint density at radius 3 is 2.67 bits per heavy atom. The van der Waals surface area contributed by atoms with Crippen LogP contribution in [-0.2, 0) is 0 Å². The number of nitrogens with two attached hydrogens (primary N) is 1. The number of halogens is 2. The van der Waals surface area contributed by atoms with Crippen molar-refractivity contribution in [1.82, 2.24) is 15.0 Å². The highest BCUT2D eigenvalue weighted by atomic mass is 79.9. The molecule has 94 valence electrons. The summed E-state index contributed by atoms with van der Waals surface area (Å²) in [5, 5.41) is 11.1. The maximum atomic E-state index is 9.48. The van der Waals surface area contributed by atoms with E-state index < -0.39 is 6.01 Å². The van der Waals surface area contributed by atoms with Crippen molar-refractivity contribution < 1.29 is 5.11 Å². The molecule has 0 saturated carbocycles. The van der Waals surface area contributed by atoms with Crippen LogP contribution in [0.25, 0.3) is 11.4 Å². The first-order valence-corrected chi connectivity index (χ1v) is 6.04. The van der Waals surface area contributed by atoms with Crippen LogP contribution in [0.3, 0.4) is 0 Å². The van der Waals surface area contributed by atoms with Gasteiger partial charge in [0.25, 0.3) is 0 Å². The average Bonchev–Trinajstić information content (AvgIpc) is 2.28. The van der Waals surface area contributed by atoms with Gasteiger partial charge >= 0.3 is 6.01 Å². The Morgan fingerprint density at radius 1 is 1.33 bits per heavy atom. The Bertz CT molecular complexity index is 572. The fourth-order valence-corrected chi connectivity index (χ4v) is 2.25. The monoisotopic (exact) mass is 329 g/mol. The molecule has 0 saturated heterocycles. The Kier molecular flexibility index (Phi) is 3.65. The van der Waals surface area contributed by atoms with Crippen LogP contribution in [0.4, 0.5) is 5.95 Å². The number of hydrogen-bond acceptors (Lipinski definition) is 6. The Morgan fingerprint density at radius 2 is 2.06 bits per heavy atom. The van der Waals surface area contributed by atoms with E-state index in [1.807, 2.05) is 0 Å². The maximum Gasteiger partial charge on any atom is 0.319 e. The van der Waals surface area contributed by atoms with Gasteiger partial charge in [0.1, 0.15) is 0 Å². The number of aromatic nitrogens is 3. The van der Waals surface area contributed by atoms with Gasteiger partial charge in [-0.05, 0) is 28.1 Å². The van der Waals surface area contributed by atoms with Gasteiger partial charge in [-0.1, -0.05) is 17.7 Å². The number of hydrogen-bond donors (Lipinski definition) is 2. The summed E-state index contributed by atoms with van der Waals surface area (Å²) < 4.78 is 0.714. The largest absolute Gasteiger partial charge is 0.479 e. The molecule has 8 heteroatoms. The van der Waals surface area contributed by atoms with Crippen LogP contribution in [-0.4, -0.2) is 27.1 Å². The van der Waals surface area contributed by atoms with Gasteiger partial charge < -0.3 is 5.11 Å². The Balaban J connectivity index is 2.64. The number of benzene rings is 1. The van der Waals surface area contributed by atoms with Crippen LogP contribution in [0.15, 0.2) is 22.7 Å². The average molecular weight is 331 g/mol. The van der Waals surface area contributed by atoms with Gasteiger partial charge in [0, 0.05) is 11.5 Å². The van der Waals surface area contributed by atoms with Crippen LogP contribution in [0.2, 0.25) is 5.02 Å². The summed E-state index contributed by atoms with van der Waals surface area (Å²) in [5.41, 5.74) is 0.569. The molecule has 18 heavy (non-hydrogen) atoms. The van der Waals surface area contributed by atoms with Crippen molar-refractivity contribution in [3.8, 4) is 17.4 Å². The second kappa shape index (κ2) is 5.05. The lowest BCUT2D eigenvalue weighted by Gasteiger charge is -2.11. The smallest absolute Gasteiger partial charge is 0.319 e. The molecule has 6 nitrogen and oxygen atoms in total. The molecule has 1 heterocycles. The summed E-state index contributed by atoms with van der Waals surface area (Å²) in [5.74, 6) is 5.92. The fourth-order valence-electron chi connectivity index (χ4n) is 1.33. The molecule has 0 unspecified atom stereocenters. The number of anilines is 1. The van der Waals surface area contributed by atoms with Crippen LogP contribution in [0, 0.1) is 0 Å². The van der Waals surface area contributed by atoms with Crippen molar-refractivity contribution in [2.75, 3.05) is 12.1 Å². The van der Waals surface area contributed by atoms with Gasteiger partial charge in [-0.15, -0.1) is 0 Å². The van der Waals surface area contributed by atoms with Crippen molar-refractivity contribution in [1.29, 1.82) is 0 Å². The SMILES string of the molecule is CN(N)c1nc(O)nc(-c2c(Cl)cccc2Br)n1. The topological polar surface area (TPSA) is 88.2 Å². The summed E-state index contributed by atoms with van der Waals surface area (Å²) in [6.07, 6.45) is 0. The van der Waals surface area contributed by atoms with Gasteiger partial charge in [0.2, 0.25) is 5.95 Å². The molecule has 0 aliphatic heterocycles. The number of rotatable bonds is 2. The van der Waals surface area contributed by atoms with Gasteiger partial charge in [0.15, 0.2) is 5.82 Å². The Labute approximate surface area is 117 Å². The van der Waals surface area contributed by atoms with E-state index in [1.165, 1.54) is 5.01 Å². The lowest BCUT2D eigenvalue weighted by Crippen LogP contribution is -2.27. The predicted molar refractivity (Wildman–Crippen MR) is 72.2 cm³/mol. The third-order valence-electron chi connectivity index (χ3n) is 2.11. The molecule has 0 atom stereocenters. The summed E-state index contributed by atoms with van der Waals surface area (Å²) in [6.45, 7) is 0. The lowest BCUT2D eigenvalue weighted by molar-refractivity contribution is 0.429. The van der Waals surface area contributed by atoms with Crippen LogP contribution >= 0.6 is 27.5 Å². The first-order valence-electron chi connectivity index (χ1n) is 4.87. The Hall–Kier alpha value is -1.44. The zero-order valence-electron chi connectivity index (χ0n) is 9.30. The molecule has 0 spiro atoms. The van der Waals surface area contributed by atoms with Crippen molar-refractivity contribution in [3.05, 3.63) is 27.7 Å². The summed E-state index contributed by atoms with van der Waals surface area (Å²) in [6, 6.07) is 4.87. The summed E-state index contributed by atoms with van der Waals surface area (Å²) in [4.78, 5) is 11.7. The number of hydrazine groups is 1. The van der Waals surface area contributed by atoms with E-state index in [1.54, 1.807) is 25.2 Å². The molecule has 1 aromatic carbocycles. The first kappa shape index (κ1) is 13.0. The molecule has 1 aromatic heterocycles. The zero-order valence-corrected chi connectivity index (χ0v) is 11.6. The third kappa shape index (κ3) is 2.53. The highest BCUT2D eigenvalue weighted by molar-refractivity contribution is 9.10. The number of nitrogens with zero attached hydrogens (tertiary/aromatic N) is 4. The van der Waals surface area contributed by atoms with Crippen molar-refractivity contribution in [2.24, 2.45) is 5.84 Å². The fraction of sp³-hybridized carbons (Fsp3) is 0.100. The van der Waals surface area contributed by atoms with Crippen molar-refractivity contribution >= 4 is 33.5 Å². The summed E-state index contributed by atoms with van der Waals surface area (Å²) >= 11 is 9.45. The molecule has 0 bridgehead atoms. The van der Waals surface area contributed by atoms with E-state index in [9.17, 15) is 5.11 Å². The van der Waals surface area contributed by atoms with Crippen molar-refractivity contribution in [2.45, 2.75) is 0 Å².